The summed E-state index contributed by atoms with van der Waals surface area (Å²) in [7, 11) is 0. The summed E-state index contributed by atoms with van der Waals surface area (Å²) in [6, 6.07) is 6.56. The molecule has 0 saturated carbocycles. The van der Waals surface area contributed by atoms with E-state index < -0.39 is 11.9 Å². The van der Waals surface area contributed by atoms with Crippen LogP contribution in [0.2, 0.25) is 0 Å². The van der Waals surface area contributed by atoms with Gasteiger partial charge in [-0.15, -0.1) is 11.3 Å². The molecule has 0 aliphatic carbocycles. The first kappa shape index (κ1) is 20.1. The number of urea groups is 1. The summed E-state index contributed by atoms with van der Waals surface area (Å²) in [5.74, 6) is -0.925. The van der Waals surface area contributed by atoms with Crippen LogP contribution in [0.25, 0.3) is 0 Å². The van der Waals surface area contributed by atoms with E-state index in [1.807, 2.05) is 32.0 Å². The fourth-order valence-electron chi connectivity index (χ4n) is 3.64. The van der Waals surface area contributed by atoms with Crippen LogP contribution in [-0.4, -0.2) is 34.7 Å². The molecule has 9 heteroatoms. The Hall–Kier alpha value is -3.20. The van der Waals surface area contributed by atoms with Gasteiger partial charge in [0.25, 0.3) is 5.91 Å². The van der Waals surface area contributed by atoms with Crippen LogP contribution in [0.3, 0.4) is 0 Å². The van der Waals surface area contributed by atoms with Gasteiger partial charge in [-0.3, -0.25) is 19.7 Å². The molecule has 1 unspecified atom stereocenters. The Morgan fingerprint density at radius 3 is 2.70 bits per heavy atom. The molecule has 3 heterocycles. The number of carbonyl (C=O) groups excluding carboxylic acids is 4. The second-order valence-corrected chi connectivity index (χ2v) is 8.78. The molecular formula is C21H22N4O4S. The van der Waals surface area contributed by atoms with Crippen molar-refractivity contribution in [1.29, 1.82) is 0 Å². The van der Waals surface area contributed by atoms with Crippen LogP contribution in [0.15, 0.2) is 24.3 Å². The Morgan fingerprint density at radius 2 is 2.00 bits per heavy atom. The molecule has 5 amide bonds. The fourth-order valence-corrected chi connectivity index (χ4v) is 4.74. The molecule has 0 radical (unpaired) electrons. The van der Waals surface area contributed by atoms with E-state index in [-0.39, 0.29) is 24.3 Å². The SMILES string of the molecule is Cc1ccc(NC(=O)NCc2cc3c(s2)CN(C2CCC(=O)NC2=O)C3=O)cc1C. The molecular weight excluding hydrogens is 404 g/mol. The van der Waals surface area contributed by atoms with E-state index in [4.69, 9.17) is 0 Å². The monoisotopic (exact) mass is 426 g/mol. The summed E-state index contributed by atoms with van der Waals surface area (Å²) in [5.41, 5.74) is 3.54. The highest BCUT2D eigenvalue weighted by Crippen LogP contribution is 2.33. The van der Waals surface area contributed by atoms with Crippen LogP contribution in [0, 0.1) is 13.8 Å². The number of amides is 5. The van der Waals surface area contributed by atoms with Gasteiger partial charge in [-0.25, -0.2) is 4.79 Å². The largest absolute Gasteiger partial charge is 0.333 e. The van der Waals surface area contributed by atoms with E-state index in [1.165, 1.54) is 16.2 Å². The molecule has 2 aliphatic rings. The topological polar surface area (TPSA) is 108 Å². The van der Waals surface area contributed by atoms with Crippen LogP contribution < -0.4 is 16.0 Å². The average Bonchev–Trinajstić information content (AvgIpc) is 3.22. The Morgan fingerprint density at radius 1 is 1.20 bits per heavy atom. The maximum Gasteiger partial charge on any atom is 0.319 e. The number of carbonyl (C=O) groups is 4. The first-order valence-corrected chi connectivity index (χ1v) is 10.5. The van der Waals surface area contributed by atoms with Crippen molar-refractivity contribution in [3.05, 3.63) is 50.7 Å². The molecule has 2 aromatic rings. The lowest BCUT2D eigenvalue weighted by molar-refractivity contribution is -0.136. The minimum Gasteiger partial charge on any atom is -0.333 e. The molecule has 0 bridgehead atoms. The minimum absolute atomic E-state index is 0.207. The van der Waals surface area contributed by atoms with Gasteiger partial charge in [-0.2, -0.15) is 0 Å². The molecule has 1 aromatic carbocycles. The molecule has 30 heavy (non-hydrogen) atoms. The number of piperidine rings is 1. The van der Waals surface area contributed by atoms with Gasteiger partial charge in [0.2, 0.25) is 11.8 Å². The molecule has 2 aliphatic heterocycles. The third kappa shape index (κ3) is 3.93. The van der Waals surface area contributed by atoms with E-state index >= 15 is 0 Å². The zero-order valence-corrected chi connectivity index (χ0v) is 17.5. The smallest absolute Gasteiger partial charge is 0.319 e. The van der Waals surface area contributed by atoms with Crippen molar-refractivity contribution >= 4 is 40.8 Å². The van der Waals surface area contributed by atoms with Crippen molar-refractivity contribution in [3.63, 3.8) is 0 Å². The Balaban J connectivity index is 1.34. The number of benzene rings is 1. The molecule has 1 aromatic heterocycles. The van der Waals surface area contributed by atoms with Gasteiger partial charge in [0, 0.05) is 21.9 Å². The van der Waals surface area contributed by atoms with E-state index in [2.05, 4.69) is 16.0 Å². The summed E-state index contributed by atoms with van der Waals surface area (Å²) < 4.78 is 0. The second-order valence-electron chi connectivity index (χ2n) is 7.56. The Labute approximate surface area is 177 Å². The molecule has 4 rings (SSSR count). The highest BCUT2D eigenvalue weighted by atomic mass is 32.1. The van der Waals surface area contributed by atoms with E-state index in [0.29, 0.717) is 25.1 Å². The normalized spacial score (nSPS) is 18.3. The van der Waals surface area contributed by atoms with Crippen molar-refractivity contribution in [2.24, 2.45) is 0 Å². The number of nitrogens with one attached hydrogen (secondary N) is 3. The predicted molar refractivity (Wildman–Crippen MR) is 112 cm³/mol. The molecule has 1 fully saturated rings. The number of fused-ring (bicyclic) bond motifs is 1. The van der Waals surface area contributed by atoms with Crippen molar-refractivity contribution in [2.75, 3.05) is 5.32 Å². The van der Waals surface area contributed by atoms with E-state index in [0.717, 1.165) is 26.6 Å². The summed E-state index contributed by atoms with van der Waals surface area (Å²) in [6.45, 7) is 4.65. The quantitative estimate of drug-likeness (QED) is 0.653. The van der Waals surface area contributed by atoms with Crippen molar-refractivity contribution in [2.45, 2.75) is 45.8 Å². The van der Waals surface area contributed by atoms with Gasteiger partial charge >= 0.3 is 6.03 Å². The number of hydrogen-bond donors (Lipinski definition) is 3. The Bertz CT molecular complexity index is 1060. The number of rotatable bonds is 4. The van der Waals surface area contributed by atoms with Crippen molar-refractivity contribution in [3.8, 4) is 0 Å². The first-order valence-electron chi connectivity index (χ1n) is 9.70. The van der Waals surface area contributed by atoms with E-state index in [1.54, 1.807) is 6.07 Å². The van der Waals surface area contributed by atoms with Crippen LogP contribution >= 0.6 is 11.3 Å². The van der Waals surface area contributed by atoms with Gasteiger partial charge < -0.3 is 15.5 Å². The summed E-state index contributed by atoms with van der Waals surface area (Å²) in [6.07, 6.45) is 0.580. The van der Waals surface area contributed by atoms with Gasteiger partial charge in [0.15, 0.2) is 0 Å². The van der Waals surface area contributed by atoms with Gasteiger partial charge in [-0.1, -0.05) is 6.07 Å². The van der Waals surface area contributed by atoms with Crippen molar-refractivity contribution in [1.82, 2.24) is 15.5 Å². The highest BCUT2D eigenvalue weighted by molar-refractivity contribution is 7.12. The van der Waals surface area contributed by atoms with Crippen LogP contribution in [0.4, 0.5) is 10.5 Å². The summed E-state index contributed by atoms with van der Waals surface area (Å²) in [4.78, 5) is 51.6. The van der Waals surface area contributed by atoms with Crippen molar-refractivity contribution < 1.29 is 19.2 Å². The third-order valence-corrected chi connectivity index (χ3v) is 6.56. The third-order valence-electron chi connectivity index (χ3n) is 5.44. The van der Waals surface area contributed by atoms with Gasteiger partial charge in [0.05, 0.1) is 18.7 Å². The van der Waals surface area contributed by atoms with Crippen LogP contribution in [0.5, 0.6) is 0 Å². The van der Waals surface area contributed by atoms with E-state index in [9.17, 15) is 19.2 Å². The number of anilines is 1. The number of hydrogen-bond acceptors (Lipinski definition) is 5. The zero-order chi connectivity index (χ0) is 21.4. The number of thiophene rings is 1. The number of imide groups is 1. The second kappa shape index (κ2) is 7.91. The maximum atomic E-state index is 12.7. The summed E-state index contributed by atoms with van der Waals surface area (Å²) >= 11 is 1.44. The molecule has 8 nitrogen and oxygen atoms in total. The lowest BCUT2D eigenvalue weighted by atomic mass is 10.0. The Kier molecular flexibility index (Phi) is 5.29. The van der Waals surface area contributed by atoms with Gasteiger partial charge in [-0.05, 0) is 49.6 Å². The minimum atomic E-state index is -0.611. The lowest BCUT2D eigenvalue weighted by Gasteiger charge is -2.29. The molecule has 3 N–H and O–H groups in total. The predicted octanol–water partition coefficient (Wildman–Crippen LogP) is 2.45. The lowest BCUT2D eigenvalue weighted by Crippen LogP contribution is -2.52. The summed E-state index contributed by atoms with van der Waals surface area (Å²) in [5, 5.41) is 7.90. The molecule has 1 atom stereocenters. The number of aryl methyl sites for hydroxylation is 2. The standard InChI is InChI=1S/C21H22N4O4S/c1-11-3-4-13(7-12(11)2)23-21(29)22-9-14-8-15-17(30-14)10-25(20(15)28)16-5-6-18(26)24-19(16)27/h3-4,7-8,16H,5-6,9-10H2,1-2H3,(H2,22,23,29)(H,24,26,27). The zero-order valence-electron chi connectivity index (χ0n) is 16.7. The fraction of sp³-hybridized carbons (Fsp3) is 0.333. The highest BCUT2D eigenvalue weighted by Gasteiger charge is 2.40. The maximum absolute atomic E-state index is 12.7. The molecule has 156 valence electrons. The number of nitrogens with zero attached hydrogens (tertiary/aromatic N) is 1. The molecule has 1 saturated heterocycles. The first-order chi connectivity index (χ1) is 14.3. The van der Waals surface area contributed by atoms with Gasteiger partial charge in [0.1, 0.15) is 6.04 Å². The molecule has 0 spiro atoms. The average molecular weight is 426 g/mol. The van der Waals surface area contributed by atoms with Crippen LogP contribution in [0.1, 0.15) is 44.1 Å². The van der Waals surface area contributed by atoms with Crippen LogP contribution in [-0.2, 0) is 22.7 Å².